The highest BCUT2D eigenvalue weighted by atomic mass is 16.6. The van der Waals surface area contributed by atoms with Crippen LogP contribution in [0.1, 0.15) is 94.4 Å². The van der Waals surface area contributed by atoms with Crippen LogP contribution in [0.4, 0.5) is 9.59 Å². The monoisotopic (exact) mass is 541 g/mol. The fraction of sp³-hybridized carbons (Fsp3) is 0.857. The number of esters is 2. The van der Waals surface area contributed by atoms with Gasteiger partial charge < -0.3 is 23.7 Å². The third-order valence-electron chi connectivity index (χ3n) is 6.44. The van der Waals surface area contributed by atoms with Crippen molar-refractivity contribution in [3.05, 3.63) is 0 Å². The van der Waals surface area contributed by atoms with Crippen LogP contribution in [0.2, 0.25) is 0 Å². The number of carbonyl (C=O) groups is 4. The predicted molar refractivity (Wildman–Crippen MR) is 139 cm³/mol. The largest absolute Gasteiger partial charge is 0.458 e. The van der Waals surface area contributed by atoms with Crippen LogP contribution in [0.25, 0.3) is 0 Å². The second-order valence-corrected chi connectivity index (χ2v) is 12.7. The number of amides is 2. The minimum absolute atomic E-state index is 0.167. The van der Waals surface area contributed by atoms with Crippen LogP contribution in [0.5, 0.6) is 0 Å². The number of ether oxygens (including phenoxy) is 5. The van der Waals surface area contributed by atoms with Crippen molar-refractivity contribution in [1.29, 1.82) is 0 Å². The Hall–Kier alpha value is -2.36. The van der Waals surface area contributed by atoms with Gasteiger partial charge in [-0.1, -0.05) is 39.5 Å². The van der Waals surface area contributed by atoms with E-state index in [4.69, 9.17) is 23.7 Å². The number of hydrogen-bond acceptors (Lipinski definition) is 9. The summed E-state index contributed by atoms with van der Waals surface area (Å²) in [6.07, 6.45) is 1.58. The molecular weight excluding hydrogens is 494 g/mol. The smallest absolute Gasteiger partial charge is 0.420 e. The molecular formula is C28H47NO9. The molecule has 1 saturated carbocycles. The number of cyclic esters (lactones) is 1. The maximum absolute atomic E-state index is 13.4. The normalized spacial score (nSPS) is 25.6. The first kappa shape index (κ1) is 31.9. The highest BCUT2D eigenvalue weighted by molar-refractivity contribution is 5.94. The SMILES string of the molecule is CC(C)C(=O)OC1C(CC2CCCC2)COCC(N(C(=O)OC(C)(C)C)C(=O)OC(C)(C)C)C(=O)OC1C. The molecule has 0 spiro atoms. The van der Waals surface area contributed by atoms with Gasteiger partial charge in [0.15, 0.2) is 6.04 Å². The number of nitrogens with zero attached hydrogens (tertiary/aromatic N) is 1. The molecule has 4 unspecified atom stereocenters. The molecule has 4 atom stereocenters. The molecule has 0 aromatic carbocycles. The zero-order chi connectivity index (χ0) is 28.8. The second kappa shape index (κ2) is 13.1. The van der Waals surface area contributed by atoms with Crippen molar-refractivity contribution in [3.8, 4) is 0 Å². The average Bonchev–Trinajstić information content (AvgIpc) is 3.26. The maximum Gasteiger partial charge on any atom is 0.420 e. The van der Waals surface area contributed by atoms with Crippen molar-refractivity contribution < 1.29 is 42.9 Å². The van der Waals surface area contributed by atoms with E-state index in [0.717, 1.165) is 32.1 Å². The third kappa shape index (κ3) is 9.75. The molecule has 10 heteroatoms. The quantitative estimate of drug-likeness (QED) is 0.339. The van der Waals surface area contributed by atoms with Crippen molar-refractivity contribution >= 4 is 24.1 Å². The maximum atomic E-state index is 13.4. The molecule has 0 aromatic rings. The van der Waals surface area contributed by atoms with E-state index in [0.29, 0.717) is 10.8 Å². The van der Waals surface area contributed by atoms with E-state index in [1.165, 1.54) is 0 Å². The van der Waals surface area contributed by atoms with E-state index in [1.807, 2.05) is 0 Å². The minimum Gasteiger partial charge on any atom is -0.458 e. The van der Waals surface area contributed by atoms with Gasteiger partial charge >= 0.3 is 24.1 Å². The van der Waals surface area contributed by atoms with E-state index in [1.54, 1.807) is 62.3 Å². The Morgan fingerprint density at radius 2 is 1.47 bits per heavy atom. The molecule has 0 N–H and O–H groups in total. The first-order chi connectivity index (χ1) is 17.5. The summed E-state index contributed by atoms with van der Waals surface area (Å²) in [4.78, 5) is 52.9. The Balaban J connectivity index is 2.39. The van der Waals surface area contributed by atoms with Crippen LogP contribution in [-0.2, 0) is 33.3 Å². The van der Waals surface area contributed by atoms with Crippen molar-refractivity contribution in [2.75, 3.05) is 13.2 Å². The fourth-order valence-corrected chi connectivity index (χ4v) is 4.68. The summed E-state index contributed by atoms with van der Waals surface area (Å²) in [5.74, 6) is -1.39. The molecule has 0 bridgehead atoms. The van der Waals surface area contributed by atoms with E-state index in [2.05, 4.69) is 0 Å². The van der Waals surface area contributed by atoms with Crippen LogP contribution >= 0.6 is 0 Å². The van der Waals surface area contributed by atoms with Gasteiger partial charge in [0.2, 0.25) is 0 Å². The van der Waals surface area contributed by atoms with Crippen molar-refractivity contribution in [2.45, 2.75) is 124 Å². The molecule has 2 aliphatic rings. The molecule has 2 rings (SSSR count). The second-order valence-electron chi connectivity index (χ2n) is 12.7. The third-order valence-corrected chi connectivity index (χ3v) is 6.44. The summed E-state index contributed by atoms with van der Waals surface area (Å²) in [7, 11) is 0. The van der Waals surface area contributed by atoms with Gasteiger partial charge in [-0.25, -0.2) is 14.4 Å². The molecule has 0 aromatic heterocycles. The van der Waals surface area contributed by atoms with E-state index in [9.17, 15) is 19.2 Å². The minimum atomic E-state index is -1.45. The number of carbonyl (C=O) groups excluding carboxylic acids is 4. The fourth-order valence-electron chi connectivity index (χ4n) is 4.68. The first-order valence-corrected chi connectivity index (χ1v) is 13.7. The summed E-state index contributed by atoms with van der Waals surface area (Å²) in [5.41, 5.74) is -1.87. The number of hydrogen-bond donors (Lipinski definition) is 0. The Morgan fingerprint density at radius 3 is 1.95 bits per heavy atom. The van der Waals surface area contributed by atoms with Gasteiger partial charge in [-0.2, -0.15) is 4.90 Å². The average molecular weight is 542 g/mol. The lowest BCUT2D eigenvalue weighted by atomic mass is 9.87. The predicted octanol–water partition coefficient (Wildman–Crippen LogP) is 5.25. The zero-order valence-corrected chi connectivity index (χ0v) is 24.5. The molecule has 1 saturated heterocycles. The molecule has 38 heavy (non-hydrogen) atoms. The molecule has 2 fully saturated rings. The van der Waals surface area contributed by atoms with Gasteiger partial charge in [-0.15, -0.1) is 0 Å². The van der Waals surface area contributed by atoms with E-state index >= 15 is 0 Å². The summed E-state index contributed by atoms with van der Waals surface area (Å²) >= 11 is 0. The Kier molecular flexibility index (Phi) is 11.0. The van der Waals surface area contributed by atoms with E-state index in [-0.39, 0.29) is 25.0 Å². The van der Waals surface area contributed by atoms with Crippen LogP contribution in [0, 0.1) is 17.8 Å². The van der Waals surface area contributed by atoms with Crippen LogP contribution in [0.3, 0.4) is 0 Å². The lowest BCUT2D eigenvalue weighted by Gasteiger charge is -2.33. The Bertz CT molecular complexity index is 808. The summed E-state index contributed by atoms with van der Waals surface area (Å²) < 4.78 is 28.5. The molecule has 1 aliphatic heterocycles. The molecule has 1 heterocycles. The lowest BCUT2D eigenvalue weighted by Crippen LogP contribution is -2.54. The molecule has 218 valence electrons. The summed E-state index contributed by atoms with van der Waals surface area (Å²) in [6.45, 7) is 14.9. The topological polar surface area (TPSA) is 118 Å². The van der Waals surface area contributed by atoms with Gasteiger partial charge in [-0.05, 0) is 60.8 Å². The molecule has 0 radical (unpaired) electrons. The van der Waals surface area contributed by atoms with Crippen molar-refractivity contribution in [1.82, 2.24) is 4.90 Å². The first-order valence-electron chi connectivity index (χ1n) is 13.7. The van der Waals surface area contributed by atoms with Crippen molar-refractivity contribution in [2.24, 2.45) is 17.8 Å². The van der Waals surface area contributed by atoms with Gasteiger partial charge in [-0.3, -0.25) is 4.79 Å². The highest BCUT2D eigenvalue weighted by Gasteiger charge is 2.45. The number of imide groups is 1. The Labute approximate surface area is 227 Å². The number of rotatable bonds is 5. The van der Waals surface area contributed by atoms with Gasteiger partial charge in [0.05, 0.1) is 19.1 Å². The zero-order valence-electron chi connectivity index (χ0n) is 24.5. The van der Waals surface area contributed by atoms with Gasteiger partial charge in [0.25, 0.3) is 0 Å². The molecule has 2 amide bonds. The van der Waals surface area contributed by atoms with Crippen molar-refractivity contribution in [3.63, 3.8) is 0 Å². The molecule has 10 nitrogen and oxygen atoms in total. The van der Waals surface area contributed by atoms with Crippen LogP contribution < -0.4 is 0 Å². The lowest BCUT2D eigenvalue weighted by molar-refractivity contribution is -0.175. The van der Waals surface area contributed by atoms with Gasteiger partial charge in [0.1, 0.15) is 23.4 Å². The molecule has 1 aliphatic carbocycles. The highest BCUT2D eigenvalue weighted by Crippen LogP contribution is 2.34. The summed E-state index contributed by atoms with van der Waals surface area (Å²) in [5, 5.41) is 0. The van der Waals surface area contributed by atoms with Crippen LogP contribution in [-0.4, -0.2) is 71.7 Å². The van der Waals surface area contributed by atoms with E-state index < -0.39 is 53.6 Å². The van der Waals surface area contributed by atoms with Gasteiger partial charge in [0, 0.05) is 5.92 Å². The standard InChI is InChI=1S/C28H47NO9/c1-17(2)23(30)36-22-18(3)35-24(31)21(16-34-15-20(22)14-19-12-10-11-13-19)29(25(32)37-27(4,5)6)26(33)38-28(7,8)9/h17-22H,10-16H2,1-9H3. The summed E-state index contributed by atoms with van der Waals surface area (Å²) in [6, 6.07) is -1.45. The Morgan fingerprint density at radius 1 is 0.947 bits per heavy atom. The van der Waals surface area contributed by atoms with Crippen LogP contribution in [0.15, 0.2) is 0 Å².